The minimum atomic E-state index is -0.423. The smallest absolute Gasteiger partial charge is 0.269 e. The number of nitrogens with zero attached hydrogens (tertiary/aromatic N) is 2. The van der Waals surface area contributed by atoms with Gasteiger partial charge in [-0.25, -0.2) is 0 Å². The van der Waals surface area contributed by atoms with Crippen molar-refractivity contribution in [3.8, 4) is 0 Å². The maximum absolute atomic E-state index is 12.8. The summed E-state index contributed by atoms with van der Waals surface area (Å²) in [4.78, 5) is 36.3. The predicted octanol–water partition coefficient (Wildman–Crippen LogP) is 2.93. The Balaban J connectivity index is 1.73. The number of non-ortho nitro benzene ring substituents is 1. The summed E-state index contributed by atoms with van der Waals surface area (Å²) in [5.74, 6) is 1.16. The van der Waals surface area contributed by atoms with Gasteiger partial charge in [-0.05, 0) is 30.5 Å². The van der Waals surface area contributed by atoms with Gasteiger partial charge in [-0.1, -0.05) is 0 Å². The maximum atomic E-state index is 12.8. The van der Waals surface area contributed by atoms with E-state index in [1.165, 1.54) is 12.1 Å². The van der Waals surface area contributed by atoms with Crippen LogP contribution in [0.1, 0.15) is 36.6 Å². The Kier molecular flexibility index (Phi) is 4.66. The third kappa shape index (κ3) is 3.39. The first-order chi connectivity index (χ1) is 11.1. The van der Waals surface area contributed by atoms with Gasteiger partial charge in [0.15, 0.2) is 0 Å². The zero-order valence-electron chi connectivity index (χ0n) is 12.6. The van der Waals surface area contributed by atoms with Crippen molar-refractivity contribution in [3.63, 3.8) is 0 Å². The minimum Gasteiger partial charge on any atom is -0.325 e. The zero-order valence-corrected chi connectivity index (χ0v) is 13.5. The number of nitro benzene ring substituents is 1. The molecule has 1 atom stereocenters. The van der Waals surface area contributed by atoms with Crippen molar-refractivity contribution in [1.29, 1.82) is 0 Å². The van der Waals surface area contributed by atoms with Crippen LogP contribution in [-0.2, 0) is 9.59 Å². The van der Waals surface area contributed by atoms with Gasteiger partial charge in [0.1, 0.15) is 11.2 Å². The molecule has 0 spiro atoms. The highest BCUT2D eigenvalue weighted by Crippen LogP contribution is 2.40. The molecule has 2 fully saturated rings. The fourth-order valence-electron chi connectivity index (χ4n) is 3.15. The molecule has 23 heavy (non-hydrogen) atoms. The number of rotatable bonds is 3. The fourth-order valence-corrected chi connectivity index (χ4v) is 4.42. The van der Waals surface area contributed by atoms with Gasteiger partial charge in [0.25, 0.3) is 5.69 Å². The summed E-state index contributed by atoms with van der Waals surface area (Å²) >= 11 is 1.68. The molecule has 0 radical (unpaired) electrons. The Bertz CT molecular complexity index is 621. The van der Waals surface area contributed by atoms with Crippen LogP contribution >= 0.6 is 11.8 Å². The molecule has 6 nitrogen and oxygen atoms in total. The average molecular weight is 334 g/mol. The average Bonchev–Trinajstić information content (AvgIpc) is 3.04. The normalized spacial score (nSPS) is 22.3. The van der Waals surface area contributed by atoms with Crippen LogP contribution in [0.3, 0.4) is 0 Å². The van der Waals surface area contributed by atoms with Gasteiger partial charge in [-0.2, -0.15) is 0 Å². The van der Waals surface area contributed by atoms with E-state index in [4.69, 9.17) is 0 Å². The lowest BCUT2D eigenvalue weighted by molar-refractivity contribution is -0.384. The van der Waals surface area contributed by atoms with Crippen molar-refractivity contribution in [3.05, 3.63) is 39.9 Å². The van der Waals surface area contributed by atoms with E-state index in [0.717, 1.165) is 11.3 Å². The highest BCUT2D eigenvalue weighted by molar-refractivity contribution is 7.99. The second-order valence-electron chi connectivity index (χ2n) is 5.92. The van der Waals surface area contributed by atoms with Gasteiger partial charge in [0, 0.05) is 43.2 Å². The topological polar surface area (TPSA) is 80.5 Å². The second-order valence-corrected chi connectivity index (χ2v) is 7.10. The first kappa shape index (κ1) is 16.0. The molecule has 1 aromatic rings. The summed E-state index contributed by atoms with van der Waals surface area (Å²) in [5, 5.41) is 10.7. The first-order valence-electron chi connectivity index (χ1n) is 7.74. The number of Topliss-reactive ketones (excluding diaryl/α,β-unsaturated/α-hetero) is 1. The van der Waals surface area contributed by atoms with E-state index in [9.17, 15) is 19.7 Å². The van der Waals surface area contributed by atoms with Gasteiger partial charge in [-0.3, -0.25) is 19.7 Å². The molecule has 1 saturated carbocycles. The molecule has 0 bridgehead atoms. The highest BCUT2D eigenvalue weighted by Gasteiger charge is 2.35. The largest absolute Gasteiger partial charge is 0.325 e. The lowest BCUT2D eigenvalue weighted by atomic mass is 9.87. The van der Waals surface area contributed by atoms with Gasteiger partial charge in [0.05, 0.1) is 4.92 Å². The molecule has 2 aliphatic rings. The molecule has 7 heteroatoms. The summed E-state index contributed by atoms with van der Waals surface area (Å²) in [6.45, 7) is 0.690. The van der Waals surface area contributed by atoms with E-state index >= 15 is 0 Å². The molecule has 1 saturated heterocycles. The lowest BCUT2D eigenvalue weighted by Crippen LogP contribution is -2.37. The number of thioether (sulfide) groups is 1. The summed E-state index contributed by atoms with van der Waals surface area (Å²) < 4.78 is 0. The summed E-state index contributed by atoms with van der Waals surface area (Å²) in [5.41, 5.74) is 0.971. The fraction of sp³-hybridized carbons (Fsp3) is 0.500. The van der Waals surface area contributed by atoms with E-state index in [-0.39, 0.29) is 28.7 Å². The standard InChI is InChI=1S/C16H18N2O4S/c19-14-7-3-11(4-8-14)15(20)17-9-10-23-16(17)12-1-5-13(6-2-12)18(21)22/h1-2,5-6,11,16H,3-4,7-10H2. The molecule has 1 heterocycles. The van der Waals surface area contributed by atoms with Gasteiger partial charge >= 0.3 is 0 Å². The quantitative estimate of drug-likeness (QED) is 0.627. The van der Waals surface area contributed by atoms with Crippen LogP contribution in [0, 0.1) is 16.0 Å². The number of carbonyl (C=O) groups excluding carboxylic acids is 2. The number of benzene rings is 1. The Labute approximate surface area is 138 Å². The second kappa shape index (κ2) is 6.70. The molecule has 1 aliphatic carbocycles. The molecular formula is C16H18N2O4S. The van der Waals surface area contributed by atoms with Crippen LogP contribution in [-0.4, -0.2) is 33.8 Å². The molecule has 1 aliphatic heterocycles. The molecule has 1 unspecified atom stereocenters. The molecule has 0 aromatic heterocycles. The third-order valence-electron chi connectivity index (χ3n) is 4.46. The Morgan fingerprint density at radius 2 is 1.87 bits per heavy atom. The van der Waals surface area contributed by atoms with Crippen LogP contribution in [0.2, 0.25) is 0 Å². The molecular weight excluding hydrogens is 316 g/mol. The minimum absolute atomic E-state index is 0.0559. The third-order valence-corrected chi connectivity index (χ3v) is 5.72. The Morgan fingerprint density at radius 3 is 2.48 bits per heavy atom. The lowest BCUT2D eigenvalue weighted by Gasteiger charge is -2.29. The number of hydrogen-bond acceptors (Lipinski definition) is 5. The number of ketones is 1. The van der Waals surface area contributed by atoms with Crippen LogP contribution in [0.5, 0.6) is 0 Å². The molecule has 1 aromatic carbocycles. The van der Waals surface area contributed by atoms with Gasteiger partial charge in [-0.15, -0.1) is 11.8 Å². The summed E-state index contributed by atoms with van der Waals surface area (Å²) in [7, 11) is 0. The van der Waals surface area contributed by atoms with Crippen LogP contribution in [0.4, 0.5) is 5.69 Å². The van der Waals surface area contributed by atoms with Crippen LogP contribution in [0.15, 0.2) is 24.3 Å². The van der Waals surface area contributed by atoms with Gasteiger partial charge in [0.2, 0.25) is 5.91 Å². The summed E-state index contributed by atoms with van der Waals surface area (Å²) in [6.07, 6.45) is 2.29. The number of amides is 1. The van der Waals surface area contributed by atoms with E-state index in [2.05, 4.69) is 0 Å². The first-order valence-corrected chi connectivity index (χ1v) is 8.79. The molecule has 3 rings (SSSR count). The Morgan fingerprint density at radius 1 is 1.22 bits per heavy atom. The molecule has 0 N–H and O–H groups in total. The van der Waals surface area contributed by atoms with Crippen LogP contribution in [0.25, 0.3) is 0 Å². The monoisotopic (exact) mass is 334 g/mol. The highest BCUT2D eigenvalue weighted by atomic mass is 32.2. The SMILES string of the molecule is O=C1CCC(C(=O)N2CCSC2c2ccc([N+](=O)[O-])cc2)CC1. The van der Waals surface area contributed by atoms with Gasteiger partial charge < -0.3 is 4.90 Å². The molecule has 1 amide bonds. The van der Waals surface area contributed by atoms with E-state index < -0.39 is 4.92 Å². The van der Waals surface area contributed by atoms with E-state index in [1.54, 1.807) is 23.9 Å². The van der Waals surface area contributed by atoms with Crippen molar-refractivity contribution in [1.82, 2.24) is 4.90 Å². The summed E-state index contributed by atoms with van der Waals surface area (Å²) in [6, 6.07) is 6.42. The zero-order chi connectivity index (χ0) is 16.4. The van der Waals surface area contributed by atoms with E-state index in [1.807, 2.05) is 4.90 Å². The molecule has 122 valence electrons. The Hall–Kier alpha value is -1.89. The maximum Gasteiger partial charge on any atom is 0.269 e. The number of nitro groups is 1. The predicted molar refractivity (Wildman–Crippen MR) is 87.0 cm³/mol. The van der Waals surface area contributed by atoms with Crippen molar-refractivity contribution in [2.45, 2.75) is 31.1 Å². The number of carbonyl (C=O) groups is 2. The van der Waals surface area contributed by atoms with E-state index in [0.29, 0.717) is 32.2 Å². The van der Waals surface area contributed by atoms with Crippen molar-refractivity contribution < 1.29 is 14.5 Å². The van der Waals surface area contributed by atoms with Crippen LogP contribution < -0.4 is 0 Å². The van der Waals surface area contributed by atoms with Crippen molar-refractivity contribution in [2.24, 2.45) is 5.92 Å². The number of hydrogen-bond donors (Lipinski definition) is 0. The van der Waals surface area contributed by atoms with Crippen molar-refractivity contribution >= 4 is 29.1 Å². The van der Waals surface area contributed by atoms with Crippen molar-refractivity contribution in [2.75, 3.05) is 12.3 Å².